The number of pyridine rings is 1. The van der Waals surface area contributed by atoms with Crippen LogP contribution < -0.4 is 5.32 Å². The molecule has 0 fully saturated rings. The predicted octanol–water partition coefficient (Wildman–Crippen LogP) is -0.0689. The average Bonchev–Trinajstić information content (AvgIpc) is 3.03. The number of hydrogen-bond acceptors (Lipinski definition) is 5. The van der Waals surface area contributed by atoms with E-state index in [2.05, 4.69) is 15.4 Å². The summed E-state index contributed by atoms with van der Waals surface area (Å²) >= 11 is 0. The number of aliphatic hydroxyl groups excluding tert-OH is 1. The van der Waals surface area contributed by atoms with Gasteiger partial charge in [0, 0.05) is 12.7 Å². The Morgan fingerprint density at radius 3 is 2.92 bits per heavy atom. The second-order valence-electron chi connectivity index (χ2n) is 5.68. The van der Waals surface area contributed by atoms with Gasteiger partial charge in [-0.1, -0.05) is 6.07 Å². The minimum atomic E-state index is -1.03. The van der Waals surface area contributed by atoms with Crippen molar-refractivity contribution in [2.45, 2.75) is 32.7 Å². The molecule has 0 spiro atoms. The molecule has 0 radical (unpaired) electrons. The van der Waals surface area contributed by atoms with Crippen LogP contribution in [0, 0.1) is 0 Å². The highest BCUT2D eigenvalue weighted by Crippen LogP contribution is 2.14. The number of carbonyl (C=O) groups excluding carboxylic acids is 2. The van der Waals surface area contributed by atoms with Crippen molar-refractivity contribution in [2.75, 3.05) is 6.54 Å². The second kappa shape index (κ2) is 6.79. The molecule has 0 saturated heterocycles. The Labute approximate surface area is 139 Å². The third kappa shape index (κ3) is 3.43. The van der Waals surface area contributed by atoms with E-state index >= 15 is 0 Å². The average molecular weight is 329 g/mol. The Bertz CT molecular complexity index is 741. The van der Waals surface area contributed by atoms with Crippen LogP contribution in [-0.4, -0.2) is 49.2 Å². The van der Waals surface area contributed by atoms with E-state index in [9.17, 15) is 14.7 Å². The summed E-state index contributed by atoms with van der Waals surface area (Å²) in [5, 5.41) is 16.5. The number of nitrogens with one attached hydrogen (secondary N) is 1. The molecule has 126 valence electrons. The van der Waals surface area contributed by atoms with Gasteiger partial charge in [-0.3, -0.25) is 19.3 Å². The fourth-order valence-corrected chi connectivity index (χ4v) is 2.59. The number of carbonyl (C=O) groups is 2. The van der Waals surface area contributed by atoms with E-state index in [1.54, 1.807) is 21.8 Å². The van der Waals surface area contributed by atoms with Crippen LogP contribution in [-0.2, 0) is 24.4 Å². The molecule has 24 heavy (non-hydrogen) atoms. The largest absolute Gasteiger partial charge is 0.384 e. The maximum absolute atomic E-state index is 12.2. The molecule has 0 unspecified atom stereocenters. The number of aromatic nitrogens is 3. The highest BCUT2D eigenvalue weighted by atomic mass is 16.3. The fourth-order valence-electron chi connectivity index (χ4n) is 2.59. The van der Waals surface area contributed by atoms with Crippen molar-refractivity contribution in [3.63, 3.8) is 0 Å². The van der Waals surface area contributed by atoms with E-state index in [1.807, 2.05) is 18.2 Å². The number of aliphatic hydroxyl groups is 1. The van der Waals surface area contributed by atoms with Gasteiger partial charge in [0.1, 0.15) is 6.10 Å². The van der Waals surface area contributed by atoms with Crippen molar-refractivity contribution in [3.05, 3.63) is 47.5 Å². The van der Waals surface area contributed by atoms with Crippen LogP contribution >= 0.6 is 0 Å². The van der Waals surface area contributed by atoms with E-state index in [-0.39, 0.29) is 11.8 Å². The maximum Gasteiger partial charge on any atom is 0.272 e. The third-order valence-electron chi connectivity index (χ3n) is 3.86. The van der Waals surface area contributed by atoms with Crippen LogP contribution in [0.4, 0.5) is 0 Å². The fraction of sp³-hybridized carbons (Fsp3) is 0.375. The van der Waals surface area contributed by atoms with Crippen LogP contribution in [0.2, 0.25) is 0 Å². The first kappa shape index (κ1) is 16.1. The van der Waals surface area contributed by atoms with Gasteiger partial charge in [-0.2, -0.15) is 5.10 Å². The summed E-state index contributed by atoms with van der Waals surface area (Å²) in [5.74, 6) is -0.598. The zero-order valence-corrected chi connectivity index (χ0v) is 13.3. The normalized spacial score (nSPS) is 14.8. The highest BCUT2D eigenvalue weighted by molar-refractivity contribution is 5.92. The van der Waals surface area contributed by atoms with Crippen molar-refractivity contribution in [2.24, 2.45) is 0 Å². The first-order valence-electron chi connectivity index (χ1n) is 7.76. The molecule has 8 heteroatoms. The van der Waals surface area contributed by atoms with Gasteiger partial charge in [-0.05, 0) is 25.1 Å². The summed E-state index contributed by atoms with van der Waals surface area (Å²) in [6, 6.07) is 7.18. The first-order chi connectivity index (χ1) is 11.5. The smallest absolute Gasteiger partial charge is 0.272 e. The number of rotatable bonds is 4. The maximum atomic E-state index is 12.2. The molecule has 2 amide bonds. The number of hydrogen-bond donors (Lipinski definition) is 2. The lowest BCUT2D eigenvalue weighted by Gasteiger charge is -2.28. The molecule has 0 saturated carbocycles. The summed E-state index contributed by atoms with van der Waals surface area (Å²) < 4.78 is 1.72. The molecule has 1 aliphatic heterocycles. The molecule has 2 aromatic rings. The van der Waals surface area contributed by atoms with Crippen LogP contribution in [0.15, 0.2) is 30.5 Å². The van der Waals surface area contributed by atoms with E-state index in [0.29, 0.717) is 31.9 Å². The van der Waals surface area contributed by atoms with Gasteiger partial charge in [0.15, 0.2) is 5.69 Å². The molecule has 0 aromatic carbocycles. The molecule has 1 atom stereocenters. The van der Waals surface area contributed by atoms with Gasteiger partial charge in [0.25, 0.3) is 11.8 Å². The molecular weight excluding hydrogens is 310 g/mol. The third-order valence-corrected chi connectivity index (χ3v) is 3.86. The summed E-state index contributed by atoms with van der Waals surface area (Å²) in [6.45, 7) is 3.08. The second-order valence-corrected chi connectivity index (χ2v) is 5.68. The lowest BCUT2D eigenvalue weighted by molar-refractivity contribution is -0.140. The molecule has 0 aliphatic carbocycles. The van der Waals surface area contributed by atoms with Gasteiger partial charge < -0.3 is 15.3 Å². The minimum absolute atomic E-state index is 0.282. The first-order valence-corrected chi connectivity index (χ1v) is 7.76. The standard InChI is InChI=1S/C16H19N5O3/c1-11(22)16(24)20-6-7-21-13(10-20)8-14(19-21)15(23)18-9-12-4-2-3-5-17-12/h2-5,8,11,22H,6-7,9-10H2,1H3,(H,18,23)/t11-/m1/s1. The Morgan fingerprint density at radius 2 is 2.21 bits per heavy atom. The SMILES string of the molecule is C[C@@H](O)C(=O)N1CCn2nc(C(=O)NCc3ccccn3)cc2C1. The number of nitrogens with zero attached hydrogens (tertiary/aromatic N) is 4. The molecule has 1 aliphatic rings. The number of fused-ring (bicyclic) bond motifs is 1. The quantitative estimate of drug-likeness (QED) is 0.818. The van der Waals surface area contributed by atoms with Gasteiger partial charge in [0.2, 0.25) is 0 Å². The molecule has 0 bridgehead atoms. The summed E-state index contributed by atoms with van der Waals surface area (Å²) in [4.78, 5) is 29.8. The minimum Gasteiger partial charge on any atom is -0.384 e. The van der Waals surface area contributed by atoms with Crippen molar-refractivity contribution < 1.29 is 14.7 Å². The van der Waals surface area contributed by atoms with Gasteiger partial charge in [-0.15, -0.1) is 0 Å². The van der Waals surface area contributed by atoms with Crippen LogP contribution in [0.1, 0.15) is 28.8 Å². The molecule has 2 N–H and O–H groups in total. The zero-order valence-electron chi connectivity index (χ0n) is 13.3. The monoisotopic (exact) mass is 329 g/mol. The summed E-state index contributed by atoms with van der Waals surface area (Å²) in [5.41, 5.74) is 1.86. The lowest BCUT2D eigenvalue weighted by Crippen LogP contribution is -2.42. The molecule has 3 heterocycles. The Hall–Kier alpha value is -2.74. The van der Waals surface area contributed by atoms with Crippen molar-refractivity contribution in [1.82, 2.24) is 25.0 Å². The lowest BCUT2D eigenvalue weighted by atomic mass is 10.2. The van der Waals surface area contributed by atoms with Crippen molar-refractivity contribution in [3.8, 4) is 0 Å². The van der Waals surface area contributed by atoms with Crippen LogP contribution in [0.5, 0.6) is 0 Å². The van der Waals surface area contributed by atoms with Gasteiger partial charge in [-0.25, -0.2) is 0 Å². The molecule has 8 nitrogen and oxygen atoms in total. The topological polar surface area (TPSA) is 100 Å². The van der Waals surface area contributed by atoms with Gasteiger partial charge >= 0.3 is 0 Å². The van der Waals surface area contributed by atoms with E-state index in [4.69, 9.17) is 0 Å². The van der Waals surface area contributed by atoms with E-state index < -0.39 is 6.10 Å². The zero-order chi connectivity index (χ0) is 17.1. The highest BCUT2D eigenvalue weighted by Gasteiger charge is 2.25. The number of amides is 2. The van der Waals surface area contributed by atoms with Crippen LogP contribution in [0.3, 0.4) is 0 Å². The predicted molar refractivity (Wildman–Crippen MR) is 84.7 cm³/mol. The van der Waals surface area contributed by atoms with E-state index in [1.165, 1.54) is 6.92 Å². The van der Waals surface area contributed by atoms with E-state index in [0.717, 1.165) is 11.4 Å². The Balaban J connectivity index is 1.65. The Morgan fingerprint density at radius 1 is 1.38 bits per heavy atom. The summed E-state index contributed by atoms with van der Waals surface area (Å²) in [6.07, 6.45) is 0.644. The van der Waals surface area contributed by atoms with Crippen molar-refractivity contribution >= 4 is 11.8 Å². The Kier molecular flexibility index (Phi) is 4.57. The summed E-state index contributed by atoms with van der Waals surface area (Å²) in [7, 11) is 0. The van der Waals surface area contributed by atoms with Gasteiger partial charge in [0.05, 0.1) is 31.0 Å². The molecule has 2 aromatic heterocycles. The van der Waals surface area contributed by atoms with Crippen LogP contribution in [0.25, 0.3) is 0 Å². The molecular formula is C16H19N5O3. The van der Waals surface area contributed by atoms with Crippen molar-refractivity contribution in [1.29, 1.82) is 0 Å². The molecule has 3 rings (SSSR count).